The number of nitrogens with one attached hydrogen (secondary N) is 1. The zero-order valence-corrected chi connectivity index (χ0v) is 10.7. The van der Waals surface area contributed by atoms with E-state index < -0.39 is 11.6 Å². The molecule has 0 aliphatic carbocycles. The Labute approximate surface area is 102 Å². The Bertz CT molecular complexity index is 384. The summed E-state index contributed by atoms with van der Waals surface area (Å²) in [6.45, 7) is 3.15. The summed E-state index contributed by atoms with van der Waals surface area (Å²) in [5.41, 5.74) is 0.0520. The smallest absolute Gasteiger partial charge is 0.337 e. The third-order valence-electron chi connectivity index (χ3n) is 2.14. The topological polar surface area (TPSA) is 69.6 Å². The summed E-state index contributed by atoms with van der Waals surface area (Å²) in [6.07, 6.45) is 0. The number of aliphatic hydroxyl groups is 1. The third kappa shape index (κ3) is 3.50. The Morgan fingerprint density at radius 1 is 1.50 bits per heavy atom. The summed E-state index contributed by atoms with van der Waals surface area (Å²) in [6, 6.07) is 5.65. The average molecular weight is 288 g/mol. The average Bonchev–Trinajstić information content (AvgIpc) is 2.13. The third-order valence-corrected chi connectivity index (χ3v) is 2.60. The molecule has 0 aromatic heterocycles. The fraction of sp³-hybridized carbons (Fsp3) is 0.364. The normalized spacial score (nSPS) is 14.2. The minimum absolute atomic E-state index is 0.0434. The molecule has 0 bridgehead atoms. The zero-order chi connectivity index (χ0) is 12.3. The summed E-state index contributed by atoms with van der Waals surface area (Å²) < 4.78 is 0.907. The quantitative estimate of drug-likeness (QED) is 0.792. The highest BCUT2D eigenvalue weighted by Gasteiger charge is 2.29. The number of hydrogen-bond acceptors (Lipinski definition) is 3. The van der Waals surface area contributed by atoms with Crippen molar-refractivity contribution in [1.29, 1.82) is 0 Å². The molecule has 4 nitrogen and oxygen atoms in total. The fourth-order valence-electron chi connectivity index (χ4n) is 1.19. The van der Waals surface area contributed by atoms with Crippen molar-refractivity contribution < 1.29 is 15.0 Å². The van der Waals surface area contributed by atoms with E-state index in [1.807, 2.05) is 25.1 Å². The molecule has 1 aromatic rings. The molecule has 0 saturated heterocycles. The summed E-state index contributed by atoms with van der Waals surface area (Å²) in [5.74, 6) is -1.24. The molecule has 1 rings (SSSR count). The van der Waals surface area contributed by atoms with Gasteiger partial charge in [-0.05, 0) is 37.6 Å². The van der Waals surface area contributed by atoms with Gasteiger partial charge in [-0.3, -0.25) is 0 Å². The maximum atomic E-state index is 10.7. The summed E-state index contributed by atoms with van der Waals surface area (Å²) in [4.78, 5) is 10.7. The van der Waals surface area contributed by atoms with E-state index in [2.05, 4.69) is 21.2 Å². The molecule has 5 heteroatoms. The molecule has 0 aliphatic rings. The van der Waals surface area contributed by atoms with Gasteiger partial charge < -0.3 is 15.5 Å². The van der Waals surface area contributed by atoms with Crippen LogP contribution in [-0.2, 0) is 4.79 Å². The van der Waals surface area contributed by atoms with Gasteiger partial charge in [0.1, 0.15) is 0 Å². The number of carboxylic acid groups (broad SMARTS) is 1. The second-order valence-corrected chi connectivity index (χ2v) is 4.87. The highest BCUT2D eigenvalue weighted by molar-refractivity contribution is 9.10. The predicted molar refractivity (Wildman–Crippen MR) is 65.6 cm³/mol. The highest BCUT2D eigenvalue weighted by Crippen LogP contribution is 2.19. The zero-order valence-electron chi connectivity index (χ0n) is 9.12. The SMILES string of the molecule is Cc1cc(Br)cc(NCC(C)(O)C(=O)O)c1. The van der Waals surface area contributed by atoms with Crippen molar-refractivity contribution in [1.82, 2.24) is 0 Å². The lowest BCUT2D eigenvalue weighted by Crippen LogP contribution is -2.41. The van der Waals surface area contributed by atoms with Crippen molar-refractivity contribution in [2.45, 2.75) is 19.4 Å². The van der Waals surface area contributed by atoms with Gasteiger partial charge in [-0.25, -0.2) is 4.79 Å². The first-order valence-electron chi connectivity index (χ1n) is 4.78. The number of rotatable bonds is 4. The molecule has 1 aromatic carbocycles. The van der Waals surface area contributed by atoms with Gasteiger partial charge in [0.2, 0.25) is 0 Å². The van der Waals surface area contributed by atoms with Crippen LogP contribution in [0.3, 0.4) is 0 Å². The van der Waals surface area contributed by atoms with Gasteiger partial charge >= 0.3 is 5.97 Å². The maximum absolute atomic E-state index is 10.7. The number of halogens is 1. The van der Waals surface area contributed by atoms with Crippen LogP contribution < -0.4 is 5.32 Å². The molecule has 3 N–H and O–H groups in total. The van der Waals surface area contributed by atoms with Gasteiger partial charge in [-0.15, -0.1) is 0 Å². The van der Waals surface area contributed by atoms with E-state index in [1.165, 1.54) is 6.92 Å². The summed E-state index contributed by atoms with van der Waals surface area (Å²) in [7, 11) is 0. The van der Waals surface area contributed by atoms with Crippen LogP contribution in [0.4, 0.5) is 5.69 Å². The Morgan fingerprint density at radius 3 is 2.62 bits per heavy atom. The molecular weight excluding hydrogens is 274 g/mol. The van der Waals surface area contributed by atoms with Crippen molar-refractivity contribution in [3.8, 4) is 0 Å². The summed E-state index contributed by atoms with van der Waals surface area (Å²) in [5, 5.41) is 21.1. The number of carbonyl (C=O) groups is 1. The lowest BCUT2D eigenvalue weighted by Gasteiger charge is -2.19. The standard InChI is InChI=1S/C11H14BrNO3/c1-7-3-8(12)5-9(4-7)13-6-11(2,16)10(14)15/h3-5,13,16H,6H2,1-2H3,(H,14,15). The van der Waals surface area contributed by atoms with Crippen LogP contribution in [0.25, 0.3) is 0 Å². The molecule has 0 fully saturated rings. The Hall–Kier alpha value is -1.07. The van der Waals surface area contributed by atoms with E-state index in [4.69, 9.17) is 5.11 Å². The molecule has 0 amide bonds. The van der Waals surface area contributed by atoms with E-state index in [0.29, 0.717) is 0 Å². The van der Waals surface area contributed by atoms with E-state index in [9.17, 15) is 9.90 Å². The number of hydrogen-bond donors (Lipinski definition) is 3. The number of benzene rings is 1. The first-order chi connectivity index (χ1) is 7.31. The van der Waals surface area contributed by atoms with Gasteiger partial charge in [-0.1, -0.05) is 15.9 Å². The van der Waals surface area contributed by atoms with Crippen LogP contribution in [0.15, 0.2) is 22.7 Å². The number of anilines is 1. The van der Waals surface area contributed by atoms with E-state index in [-0.39, 0.29) is 6.54 Å². The molecule has 0 spiro atoms. The largest absolute Gasteiger partial charge is 0.479 e. The maximum Gasteiger partial charge on any atom is 0.337 e. The minimum Gasteiger partial charge on any atom is -0.479 e. The van der Waals surface area contributed by atoms with Gasteiger partial charge in [0.25, 0.3) is 0 Å². The van der Waals surface area contributed by atoms with Crippen LogP contribution in [0.2, 0.25) is 0 Å². The van der Waals surface area contributed by atoms with Crippen LogP contribution in [0, 0.1) is 6.92 Å². The van der Waals surface area contributed by atoms with E-state index >= 15 is 0 Å². The predicted octanol–water partition coefficient (Wildman–Crippen LogP) is 2.01. The molecule has 1 atom stereocenters. The van der Waals surface area contributed by atoms with Crippen LogP contribution in [-0.4, -0.2) is 28.3 Å². The second-order valence-electron chi connectivity index (χ2n) is 3.95. The molecule has 1 unspecified atom stereocenters. The minimum atomic E-state index is -1.77. The molecule has 88 valence electrons. The van der Waals surface area contributed by atoms with Crippen LogP contribution in [0.5, 0.6) is 0 Å². The first kappa shape index (κ1) is 13.0. The number of aliphatic carboxylic acids is 1. The molecule has 0 saturated carbocycles. The molecular formula is C11H14BrNO3. The van der Waals surface area contributed by atoms with E-state index in [0.717, 1.165) is 15.7 Å². The van der Waals surface area contributed by atoms with Gasteiger partial charge in [0, 0.05) is 10.2 Å². The second kappa shape index (κ2) is 4.84. The van der Waals surface area contributed by atoms with Crippen molar-refractivity contribution in [3.63, 3.8) is 0 Å². The Balaban J connectivity index is 2.71. The molecule has 0 heterocycles. The molecule has 0 radical (unpaired) electrons. The summed E-state index contributed by atoms with van der Waals surface area (Å²) >= 11 is 3.34. The Kier molecular flexibility index (Phi) is 3.93. The monoisotopic (exact) mass is 287 g/mol. The lowest BCUT2D eigenvalue weighted by atomic mass is 10.1. The van der Waals surface area contributed by atoms with Crippen molar-refractivity contribution in [2.75, 3.05) is 11.9 Å². The number of carboxylic acids is 1. The molecule has 0 aliphatic heterocycles. The van der Waals surface area contributed by atoms with Gasteiger partial charge in [-0.2, -0.15) is 0 Å². The van der Waals surface area contributed by atoms with Crippen molar-refractivity contribution in [3.05, 3.63) is 28.2 Å². The Morgan fingerprint density at radius 2 is 2.12 bits per heavy atom. The highest BCUT2D eigenvalue weighted by atomic mass is 79.9. The van der Waals surface area contributed by atoms with Gasteiger partial charge in [0.15, 0.2) is 5.60 Å². The van der Waals surface area contributed by atoms with Crippen LogP contribution in [0.1, 0.15) is 12.5 Å². The number of aryl methyl sites for hydroxylation is 1. The molecule has 16 heavy (non-hydrogen) atoms. The fourth-order valence-corrected chi connectivity index (χ4v) is 1.80. The first-order valence-corrected chi connectivity index (χ1v) is 5.57. The van der Waals surface area contributed by atoms with Crippen molar-refractivity contribution >= 4 is 27.6 Å². The lowest BCUT2D eigenvalue weighted by molar-refractivity contribution is -0.155. The van der Waals surface area contributed by atoms with E-state index in [1.54, 1.807) is 0 Å². The van der Waals surface area contributed by atoms with Gasteiger partial charge in [0.05, 0.1) is 6.54 Å². The van der Waals surface area contributed by atoms with Crippen LogP contribution >= 0.6 is 15.9 Å². The van der Waals surface area contributed by atoms with Crippen molar-refractivity contribution in [2.24, 2.45) is 0 Å².